The molecule has 1 aliphatic heterocycles. The summed E-state index contributed by atoms with van der Waals surface area (Å²) in [7, 11) is 0. The molecule has 0 spiro atoms. The first-order chi connectivity index (χ1) is 7.70. The molecule has 1 atom stereocenters. The normalized spacial score (nSPS) is 21.2. The minimum absolute atomic E-state index is 0.742. The highest BCUT2D eigenvalue weighted by atomic mass is 79.9. The van der Waals surface area contributed by atoms with Crippen LogP contribution in [0.5, 0.6) is 0 Å². The molecule has 0 radical (unpaired) electrons. The summed E-state index contributed by atoms with van der Waals surface area (Å²) in [6.45, 7) is 2.20. The summed E-state index contributed by atoms with van der Waals surface area (Å²) in [4.78, 5) is 6.85. The largest absolute Gasteiger partial charge is 0.355 e. The van der Waals surface area contributed by atoms with Crippen LogP contribution < -0.4 is 4.90 Å². The van der Waals surface area contributed by atoms with Crippen LogP contribution in [0.3, 0.4) is 0 Å². The van der Waals surface area contributed by atoms with E-state index in [9.17, 15) is 0 Å². The van der Waals surface area contributed by atoms with Gasteiger partial charge in [0.2, 0.25) is 0 Å². The SMILES string of the molecule is BrCC1CCCN(c2ncc(Br)cc2Br)C1. The van der Waals surface area contributed by atoms with Crippen molar-refractivity contribution in [2.45, 2.75) is 12.8 Å². The van der Waals surface area contributed by atoms with Gasteiger partial charge in [0, 0.05) is 29.1 Å². The molecule has 1 unspecified atom stereocenters. The summed E-state index contributed by atoms with van der Waals surface area (Å²) in [5.74, 6) is 1.81. The molecular formula is C11H13Br3N2. The first-order valence-corrected chi connectivity index (χ1v) is 8.03. The average molecular weight is 413 g/mol. The van der Waals surface area contributed by atoms with Gasteiger partial charge in [0.05, 0.1) is 4.47 Å². The van der Waals surface area contributed by atoms with Crippen molar-refractivity contribution in [2.75, 3.05) is 23.3 Å². The molecule has 16 heavy (non-hydrogen) atoms. The zero-order chi connectivity index (χ0) is 11.5. The summed E-state index contributed by atoms with van der Waals surface area (Å²) < 4.78 is 2.08. The lowest BCUT2D eigenvalue weighted by molar-refractivity contribution is 0.452. The van der Waals surface area contributed by atoms with E-state index in [1.54, 1.807) is 0 Å². The van der Waals surface area contributed by atoms with Crippen molar-refractivity contribution >= 4 is 53.6 Å². The first-order valence-electron chi connectivity index (χ1n) is 5.32. The summed E-state index contributed by atoms with van der Waals surface area (Å²) in [6.07, 6.45) is 4.42. The van der Waals surface area contributed by atoms with Crippen LogP contribution in [0.2, 0.25) is 0 Å². The van der Waals surface area contributed by atoms with Crippen molar-refractivity contribution in [3.63, 3.8) is 0 Å². The fraction of sp³-hybridized carbons (Fsp3) is 0.545. The fourth-order valence-corrected chi connectivity index (χ4v) is 3.79. The third kappa shape index (κ3) is 2.99. The molecule has 0 aromatic carbocycles. The smallest absolute Gasteiger partial charge is 0.142 e. The monoisotopic (exact) mass is 410 g/mol. The molecule has 1 saturated heterocycles. The molecule has 1 aromatic heterocycles. The average Bonchev–Trinajstić information content (AvgIpc) is 2.29. The van der Waals surface area contributed by atoms with Gasteiger partial charge in [0.25, 0.3) is 0 Å². The Morgan fingerprint density at radius 1 is 1.44 bits per heavy atom. The van der Waals surface area contributed by atoms with Gasteiger partial charge in [-0.1, -0.05) is 15.9 Å². The van der Waals surface area contributed by atoms with E-state index in [0.717, 1.165) is 39.1 Å². The van der Waals surface area contributed by atoms with Gasteiger partial charge in [-0.25, -0.2) is 4.98 Å². The van der Waals surface area contributed by atoms with Crippen molar-refractivity contribution in [1.29, 1.82) is 0 Å². The highest BCUT2D eigenvalue weighted by Crippen LogP contribution is 2.30. The van der Waals surface area contributed by atoms with Crippen LogP contribution in [0.25, 0.3) is 0 Å². The molecule has 2 heterocycles. The van der Waals surface area contributed by atoms with Crippen LogP contribution in [-0.2, 0) is 0 Å². The minimum atomic E-state index is 0.742. The molecule has 88 valence electrons. The van der Waals surface area contributed by atoms with Gasteiger partial charge in [-0.3, -0.25) is 0 Å². The van der Waals surface area contributed by atoms with Crippen molar-refractivity contribution in [3.8, 4) is 0 Å². The minimum Gasteiger partial charge on any atom is -0.355 e. The fourth-order valence-electron chi connectivity index (χ4n) is 2.02. The summed E-state index contributed by atoms with van der Waals surface area (Å²) in [5.41, 5.74) is 0. The zero-order valence-corrected chi connectivity index (χ0v) is 13.6. The standard InChI is InChI=1S/C11H13Br3N2/c12-5-8-2-1-3-16(7-8)11-10(14)4-9(13)6-15-11/h4,6,8H,1-3,5,7H2. The Morgan fingerprint density at radius 3 is 2.94 bits per heavy atom. The van der Waals surface area contributed by atoms with Crippen molar-refractivity contribution in [1.82, 2.24) is 4.98 Å². The van der Waals surface area contributed by atoms with Gasteiger partial charge >= 0.3 is 0 Å². The number of rotatable bonds is 2. The molecule has 5 heteroatoms. The molecule has 0 bridgehead atoms. The summed E-state index contributed by atoms with van der Waals surface area (Å²) in [5, 5.41) is 1.08. The van der Waals surface area contributed by atoms with Gasteiger partial charge in [-0.15, -0.1) is 0 Å². The van der Waals surface area contributed by atoms with Gasteiger partial charge in [-0.05, 0) is 56.7 Å². The summed E-state index contributed by atoms with van der Waals surface area (Å²) >= 11 is 10.6. The lowest BCUT2D eigenvalue weighted by Gasteiger charge is -2.33. The number of alkyl halides is 1. The molecular weight excluding hydrogens is 400 g/mol. The second-order valence-electron chi connectivity index (χ2n) is 4.07. The number of hydrogen-bond acceptors (Lipinski definition) is 2. The molecule has 1 fully saturated rings. The highest BCUT2D eigenvalue weighted by molar-refractivity contribution is 9.11. The molecule has 0 aliphatic carbocycles. The number of piperidine rings is 1. The molecule has 1 aromatic rings. The predicted octanol–water partition coefficient (Wildman–Crippen LogP) is 4.22. The highest BCUT2D eigenvalue weighted by Gasteiger charge is 2.21. The van der Waals surface area contributed by atoms with E-state index in [1.807, 2.05) is 6.20 Å². The second kappa shape index (κ2) is 5.83. The molecule has 2 nitrogen and oxygen atoms in total. The number of nitrogens with zero attached hydrogens (tertiary/aromatic N) is 2. The van der Waals surface area contributed by atoms with E-state index in [4.69, 9.17) is 0 Å². The Balaban J connectivity index is 2.16. The van der Waals surface area contributed by atoms with Gasteiger partial charge in [0.1, 0.15) is 5.82 Å². The van der Waals surface area contributed by atoms with Gasteiger partial charge in [0.15, 0.2) is 0 Å². The third-order valence-corrected chi connectivity index (χ3v) is 4.76. The maximum Gasteiger partial charge on any atom is 0.142 e. The molecule has 2 rings (SSSR count). The van der Waals surface area contributed by atoms with Crippen molar-refractivity contribution in [2.24, 2.45) is 5.92 Å². The van der Waals surface area contributed by atoms with Crippen LogP contribution in [0.4, 0.5) is 5.82 Å². The topological polar surface area (TPSA) is 16.1 Å². The Kier molecular flexibility index (Phi) is 4.67. The molecule has 0 amide bonds. The second-order valence-corrected chi connectivity index (χ2v) is 6.49. The third-order valence-electron chi connectivity index (χ3n) is 2.83. The van der Waals surface area contributed by atoms with Gasteiger partial charge in [-0.2, -0.15) is 0 Å². The quantitative estimate of drug-likeness (QED) is 0.676. The number of halogens is 3. The van der Waals surface area contributed by atoms with E-state index >= 15 is 0 Å². The Hall–Kier alpha value is 0.390. The van der Waals surface area contributed by atoms with Crippen LogP contribution >= 0.6 is 47.8 Å². The van der Waals surface area contributed by atoms with Crippen LogP contribution in [0.15, 0.2) is 21.2 Å². The Bertz CT molecular complexity index is 370. The van der Waals surface area contributed by atoms with Crippen LogP contribution in [-0.4, -0.2) is 23.4 Å². The maximum absolute atomic E-state index is 4.49. The van der Waals surface area contributed by atoms with E-state index in [0.29, 0.717) is 0 Å². The molecule has 1 aliphatic rings. The van der Waals surface area contributed by atoms with Crippen LogP contribution in [0.1, 0.15) is 12.8 Å². The van der Waals surface area contributed by atoms with E-state index in [1.165, 1.54) is 12.8 Å². The number of aromatic nitrogens is 1. The number of anilines is 1. The van der Waals surface area contributed by atoms with E-state index < -0.39 is 0 Å². The van der Waals surface area contributed by atoms with Crippen molar-refractivity contribution in [3.05, 3.63) is 21.2 Å². The lowest BCUT2D eigenvalue weighted by atomic mass is 10.0. The van der Waals surface area contributed by atoms with Gasteiger partial charge < -0.3 is 4.90 Å². The molecule has 0 N–H and O–H groups in total. The van der Waals surface area contributed by atoms with E-state index in [2.05, 4.69) is 63.7 Å². The predicted molar refractivity (Wildman–Crippen MR) is 78.4 cm³/mol. The maximum atomic E-state index is 4.49. The van der Waals surface area contributed by atoms with Crippen LogP contribution in [0, 0.1) is 5.92 Å². The Morgan fingerprint density at radius 2 is 2.25 bits per heavy atom. The summed E-state index contributed by atoms with van der Waals surface area (Å²) in [6, 6.07) is 2.06. The lowest BCUT2D eigenvalue weighted by Crippen LogP contribution is -2.36. The van der Waals surface area contributed by atoms with E-state index in [-0.39, 0.29) is 0 Å². The first kappa shape index (κ1) is 12.8. The molecule has 0 saturated carbocycles. The number of hydrogen-bond donors (Lipinski definition) is 0. The zero-order valence-electron chi connectivity index (χ0n) is 8.80. The van der Waals surface area contributed by atoms with Crippen molar-refractivity contribution < 1.29 is 0 Å². The Labute approximate surface area is 121 Å². The number of pyridine rings is 1.